The third-order valence-electron chi connectivity index (χ3n) is 3.83. The van der Waals surface area contributed by atoms with Crippen LogP contribution >= 0.6 is 0 Å². The van der Waals surface area contributed by atoms with Crippen molar-refractivity contribution in [2.24, 2.45) is 0 Å². The van der Waals surface area contributed by atoms with Crippen LogP contribution in [0.15, 0.2) is 54.6 Å². The molecule has 26 heavy (non-hydrogen) atoms. The molecule has 2 rings (SSSR count). The molecule has 0 heterocycles. The number of hydrogen-bond donors (Lipinski definition) is 1. The number of para-hydroxylation sites is 1. The van der Waals surface area contributed by atoms with E-state index >= 15 is 0 Å². The monoisotopic (exact) mass is 355 g/mol. The zero-order valence-electron chi connectivity index (χ0n) is 15.4. The van der Waals surface area contributed by atoms with Crippen LogP contribution < -0.4 is 19.9 Å². The van der Waals surface area contributed by atoms with E-state index < -0.39 is 0 Å². The normalized spacial score (nSPS) is 10.1. The molecule has 0 spiro atoms. The first kappa shape index (κ1) is 19.3. The van der Waals surface area contributed by atoms with E-state index in [9.17, 15) is 9.59 Å². The number of carbonyl (C=O) groups excluding carboxylic acids is 2. The number of anilines is 2. The third-order valence-corrected chi connectivity index (χ3v) is 3.83. The largest absolute Gasteiger partial charge is 0.484 e. The lowest BCUT2D eigenvalue weighted by Gasteiger charge is -2.22. The predicted molar refractivity (Wildman–Crippen MR) is 104 cm³/mol. The molecule has 0 aromatic heterocycles. The molecule has 0 atom stereocenters. The Labute approximate surface area is 154 Å². The summed E-state index contributed by atoms with van der Waals surface area (Å²) in [7, 11) is 3.93. The maximum Gasteiger partial charge on any atom is 0.258 e. The van der Waals surface area contributed by atoms with Crippen LogP contribution in [0.5, 0.6) is 5.75 Å². The summed E-state index contributed by atoms with van der Waals surface area (Å²) in [6.07, 6.45) is 0. The Kier molecular flexibility index (Phi) is 7.02. The predicted octanol–water partition coefficient (Wildman–Crippen LogP) is 2.30. The number of benzene rings is 2. The molecule has 0 bridgehead atoms. The number of nitrogens with one attached hydrogen (secondary N) is 1. The standard InChI is InChI=1S/C20H25N3O3/c1-16(24)23(18-11-9-17(10-12-18)22(2)3)14-13-21-20(25)15-26-19-7-5-4-6-8-19/h4-12H,13-15H2,1-3H3,(H,21,25). The summed E-state index contributed by atoms with van der Waals surface area (Å²) in [5, 5.41) is 2.77. The number of ether oxygens (including phenoxy) is 1. The summed E-state index contributed by atoms with van der Waals surface area (Å²) in [5.74, 6) is 0.353. The molecule has 138 valence electrons. The van der Waals surface area contributed by atoms with Crippen molar-refractivity contribution in [1.82, 2.24) is 5.32 Å². The van der Waals surface area contributed by atoms with E-state index in [1.165, 1.54) is 6.92 Å². The van der Waals surface area contributed by atoms with Gasteiger partial charge in [0.05, 0.1) is 0 Å². The molecule has 0 saturated carbocycles. The van der Waals surface area contributed by atoms with Gasteiger partial charge in [-0.25, -0.2) is 0 Å². The van der Waals surface area contributed by atoms with Crippen LogP contribution in [0.2, 0.25) is 0 Å². The molecule has 0 radical (unpaired) electrons. The molecule has 0 aliphatic heterocycles. The summed E-state index contributed by atoms with van der Waals surface area (Å²) >= 11 is 0. The highest BCUT2D eigenvalue weighted by molar-refractivity contribution is 5.91. The minimum Gasteiger partial charge on any atom is -0.484 e. The molecule has 2 aromatic carbocycles. The summed E-state index contributed by atoms with van der Waals surface area (Å²) in [4.78, 5) is 27.4. The van der Waals surface area contributed by atoms with Crippen molar-refractivity contribution in [3.05, 3.63) is 54.6 Å². The first-order chi connectivity index (χ1) is 12.5. The van der Waals surface area contributed by atoms with Crippen LogP contribution in [0.4, 0.5) is 11.4 Å². The van der Waals surface area contributed by atoms with E-state index in [-0.39, 0.29) is 18.4 Å². The fourth-order valence-corrected chi connectivity index (χ4v) is 2.42. The second-order valence-corrected chi connectivity index (χ2v) is 6.03. The molecule has 0 aliphatic carbocycles. The zero-order valence-corrected chi connectivity index (χ0v) is 15.4. The first-order valence-electron chi connectivity index (χ1n) is 8.47. The average molecular weight is 355 g/mol. The minimum absolute atomic E-state index is 0.0540. The topological polar surface area (TPSA) is 61.9 Å². The Morgan fingerprint density at radius 1 is 0.962 bits per heavy atom. The Bertz CT molecular complexity index is 715. The van der Waals surface area contributed by atoms with Gasteiger partial charge in [-0.2, -0.15) is 0 Å². The van der Waals surface area contributed by atoms with Crippen LogP contribution in [0, 0.1) is 0 Å². The summed E-state index contributed by atoms with van der Waals surface area (Å²) in [6, 6.07) is 16.9. The van der Waals surface area contributed by atoms with E-state index in [1.54, 1.807) is 17.0 Å². The maximum absolute atomic E-state index is 11.9. The molecule has 6 nitrogen and oxygen atoms in total. The zero-order chi connectivity index (χ0) is 18.9. The van der Waals surface area contributed by atoms with Gasteiger partial charge in [-0.05, 0) is 36.4 Å². The van der Waals surface area contributed by atoms with Gasteiger partial charge in [0, 0.05) is 45.5 Å². The number of carbonyl (C=O) groups is 2. The van der Waals surface area contributed by atoms with Crippen molar-refractivity contribution >= 4 is 23.2 Å². The van der Waals surface area contributed by atoms with Crippen LogP contribution in [-0.2, 0) is 9.59 Å². The Morgan fingerprint density at radius 2 is 1.58 bits per heavy atom. The summed E-state index contributed by atoms with van der Waals surface area (Å²) in [5.41, 5.74) is 1.86. The smallest absolute Gasteiger partial charge is 0.258 e. The summed E-state index contributed by atoms with van der Waals surface area (Å²) < 4.78 is 5.40. The van der Waals surface area contributed by atoms with E-state index in [0.717, 1.165) is 11.4 Å². The van der Waals surface area contributed by atoms with Crippen molar-refractivity contribution in [2.75, 3.05) is 43.6 Å². The fourth-order valence-electron chi connectivity index (χ4n) is 2.42. The molecule has 0 fully saturated rings. The minimum atomic E-state index is -0.222. The highest BCUT2D eigenvalue weighted by Gasteiger charge is 2.12. The van der Waals surface area contributed by atoms with E-state index in [2.05, 4.69) is 5.32 Å². The van der Waals surface area contributed by atoms with Gasteiger partial charge in [-0.15, -0.1) is 0 Å². The van der Waals surface area contributed by atoms with Gasteiger partial charge in [0.25, 0.3) is 5.91 Å². The van der Waals surface area contributed by atoms with Gasteiger partial charge in [-0.1, -0.05) is 18.2 Å². The van der Waals surface area contributed by atoms with E-state index in [0.29, 0.717) is 18.8 Å². The SMILES string of the molecule is CC(=O)N(CCNC(=O)COc1ccccc1)c1ccc(N(C)C)cc1. The molecule has 1 N–H and O–H groups in total. The highest BCUT2D eigenvalue weighted by Crippen LogP contribution is 2.19. The van der Waals surface area contributed by atoms with Crippen LogP contribution in [0.25, 0.3) is 0 Å². The van der Waals surface area contributed by atoms with Crippen molar-refractivity contribution < 1.29 is 14.3 Å². The summed E-state index contributed by atoms with van der Waals surface area (Å²) in [6.45, 7) is 2.21. The van der Waals surface area contributed by atoms with Gasteiger partial charge in [0.15, 0.2) is 6.61 Å². The number of amides is 2. The van der Waals surface area contributed by atoms with Gasteiger partial charge in [0.2, 0.25) is 5.91 Å². The van der Waals surface area contributed by atoms with Crippen LogP contribution in [-0.4, -0.2) is 45.6 Å². The molecule has 2 amide bonds. The van der Waals surface area contributed by atoms with E-state index in [4.69, 9.17) is 4.74 Å². The lowest BCUT2D eigenvalue weighted by atomic mass is 10.2. The molecular weight excluding hydrogens is 330 g/mol. The lowest BCUT2D eigenvalue weighted by Crippen LogP contribution is -2.39. The van der Waals surface area contributed by atoms with Gasteiger partial charge < -0.3 is 19.9 Å². The van der Waals surface area contributed by atoms with Crippen molar-refractivity contribution in [1.29, 1.82) is 0 Å². The molecule has 0 aliphatic rings. The average Bonchev–Trinajstić information content (AvgIpc) is 2.64. The second kappa shape index (κ2) is 9.46. The molecule has 6 heteroatoms. The second-order valence-electron chi connectivity index (χ2n) is 6.03. The highest BCUT2D eigenvalue weighted by atomic mass is 16.5. The Hall–Kier alpha value is -3.02. The maximum atomic E-state index is 11.9. The Morgan fingerprint density at radius 3 is 2.15 bits per heavy atom. The van der Waals surface area contributed by atoms with Gasteiger partial charge in [-0.3, -0.25) is 9.59 Å². The molecule has 0 saturated heterocycles. The number of hydrogen-bond acceptors (Lipinski definition) is 4. The third kappa shape index (κ3) is 5.81. The van der Waals surface area contributed by atoms with Crippen LogP contribution in [0.1, 0.15) is 6.92 Å². The van der Waals surface area contributed by atoms with Crippen molar-refractivity contribution in [3.8, 4) is 5.75 Å². The lowest BCUT2D eigenvalue weighted by molar-refractivity contribution is -0.123. The molecule has 0 unspecified atom stereocenters. The molecule has 2 aromatic rings. The molecular formula is C20H25N3O3. The fraction of sp³-hybridized carbons (Fsp3) is 0.300. The van der Waals surface area contributed by atoms with E-state index in [1.807, 2.05) is 61.5 Å². The van der Waals surface area contributed by atoms with Gasteiger partial charge in [0.1, 0.15) is 5.75 Å². The number of nitrogens with zero attached hydrogens (tertiary/aromatic N) is 2. The van der Waals surface area contributed by atoms with Crippen molar-refractivity contribution in [3.63, 3.8) is 0 Å². The first-order valence-corrected chi connectivity index (χ1v) is 8.47. The Balaban J connectivity index is 1.82. The quantitative estimate of drug-likeness (QED) is 0.789. The van der Waals surface area contributed by atoms with Crippen molar-refractivity contribution in [2.45, 2.75) is 6.92 Å². The van der Waals surface area contributed by atoms with Crippen LogP contribution in [0.3, 0.4) is 0 Å². The number of rotatable bonds is 8. The van der Waals surface area contributed by atoms with Gasteiger partial charge >= 0.3 is 0 Å².